The van der Waals surface area contributed by atoms with Crippen LogP contribution < -0.4 is 5.32 Å². The van der Waals surface area contributed by atoms with E-state index in [4.69, 9.17) is 4.52 Å². The highest BCUT2D eigenvalue weighted by atomic mass is 16.5. The number of anilines is 1. The van der Waals surface area contributed by atoms with E-state index < -0.39 is 0 Å². The SMILES string of the molecule is CCc1cc(NCc2nc(-c3cccnc3)no2)n2nccc2n1. The second-order valence-electron chi connectivity index (χ2n) is 5.19. The molecule has 4 aromatic heterocycles. The van der Waals surface area contributed by atoms with Gasteiger partial charge in [0.2, 0.25) is 11.7 Å². The predicted molar refractivity (Wildman–Crippen MR) is 87.2 cm³/mol. The van der Waals surface area contributed by atoms with E-state index in [2.05, 4.69) is 37.4 Å². The maximum absolute atomic E-state index is 5.29. The number of fused-ring (bicyclic) bond motifs is 1. The van der Waals surface area contributed by atoms with E-state index in [0.29, 0.717) is 18.3 Å². The number of aryl methyl sites for hydroxylation is 1. The highest BCUT2D eigenvalue weighted by Gasteiger charge is 2.10. The molecular formula is C16H15N7O. The van der Waals surface area contributed by atoms with Gasteiger partial charge in [-0.1, -0.05) is 12.1 Å². The van der Waals surface area contributed by atoms with Gasteiger partial charge in [0.05, 0.1) is 12.7 Å². The van der Waals surface area contributed by atoms with E-state index in [0.717, 1.165) is 29.1 Å². The van der Waals surface area contributed by atoms with Crippen LogP contribution in [0.1, 0.15) is 18.5 Å². The lowest BCUT2D eigenvalue weighted by atomic mass is 10.3. The number of hydrogen-bond donors (Lipinski definition) is 1. The number of hydrogen-bond acceptors (Lipinski definition) is 7. The molecule has 4 aromatic rings. The Morgan fingerprint density at radius 1 is 1.21 bits per heavy atom. The summed E-state index contributed by atoms with van der Waals surface area (Å²) in [5.74, 6) is 1.85. The summed E-state index contributed by atoms with van der Waals surface area (Å²) >= 11 is 0. The standard InChI is InChI=1S/C16H15N7O/c1-2-12-8-14(23-13(20-12)5-7-19-23)18-10-15-21-16(22-24-15)11-4-3-6-17-9-11/h3-9,18H,2,10H2,1H3. The molecule has 1 N–H and O–H groups in total. The molecule has 24 heavy (non-hydrogen) atoms. The Morgan fingerprint density at radius 3 is 3.00 bits per heavy atom. The van der Waals surface area contributed by atoms with Crippen LogP contribution in [0.15, 0.2) is 47.4 Å². The molecule has 120 valence electrons. The van der Waals surface area contributed by atoms with Gasteiger partial charge in [-0.2, -0.15) is 14.6 Å². The zero-order chi connectivity index (χ0) is 16.4. The van der Waals surface area contributed by atoms with E-state index in [1.54, 1.807) is 23.1 Å². The lowest BCUT2D eigenvalue weighted by Gasteiger charge is -2.08. The molecule has 0 aliphatic heterocycles. The second kappa shape index (κ2) is 6.07. The average molecular weight is 321 g/mol. The maximum Gasteiger partial charge on any atom is 0.246 e. The summed E-state index contributed by atoms with van der Waals surface area (Å²) in [4.78, 5) is 13.0. The Morgan fingerprint density at radius 2 is 2.17 bits per heavy atom. The van der Waals surface area contributed by atoms with Gasteiger partial charge in [-0.15, -0.1) is 0 Å². The summed E-state index contributed by atoms with van der Waals surface area (Å²) < 4.78 is 7.04. The molecule has 0 unspecified atom stereocenters. The number of rotatable bonds is 5. The minimum Gasteiger partial charge on any atom is -0.361 e. The van der Waals surface area contributed by atoms with Crippen LogP contribution in [0.25, 0.3) is 17.0 Å². The molecule has 8 nitrogen and oxygen atoms in total. The summed E-state index contributed by atoms with van der Waals surface area (Å²) in [7, 11) is 0. The molecule has 0 spiro atoms. The van der Waals surface area contributed by atoms with Crippen molar-refractivity contribution in [2.24, 2.45) is 0 Å². The minimum absolute atomic E-state index is 0.398. The first-order chi connectivity index (χ1) is 11.8. The van der Waals surface area contributed by atoms with Crippen LogP contribution in [-0.2, 0) is 13.0 Å². The van der Waals surface area contributed by atoms with Crippen LogP contribution >= 0.6 is 0 Å². The van der Waals surface area contributed by atoms with Crippen molar-refractivity contribution in [1.29, 1.82) is 0 Å². The quantitative estimate of drug-likeness (QED) is 0.603. The van der Waals surface area contributed by atoms with Gasteiger partial charge in [-0.05, 0) is 18.6 Å². The van der Waals surface area contributed by atoms with Crippen LogP contribution in [-0.4, -0.2) is 29.7 Å². The monoisotopic (exact) mass is 321 g/mol. The predicted octanol–water partition coefficient (Wildman–Crippen LogP) is 2.35. The number of nitrogens with one attached hydrogen (secondary N) is 1. The second-order valence-corrected chi connectivity index (χ2v) is 5.19. The molecule has 8 heteroatoms. The average Bonchev–Trinajstić information content (AvgIpc) is 3.29. The van der Waals surface area contributed by atoms with Crippen molar-refractivity contribution in [2.75, 3.05) is 5.32 Å². The van der Waals surface area contributed by atoms with Crippen LogP contribution in [0.2, 0.25) is 0 Å². The van der Waals surface area contributed by atoms with Gasteiger partial charge < -0.3 is 9.84 Å². The lowest BCUT2D eigenvalue weighted by Crippen LogP contribution is -2.07. The lowest BCUT2D eigenvalue weighted by molar-refractivity contribution is 0.384. The van der Waals surface area contributed by atoms with Gasteiger partial charge in [-0.3, -0.25) is 4.98 Å². The molecule has 0 amide bonds. The molecule has 0 atom stereocenters. The fourth-order valence-corrected chi connectivity index (χ4v) is 2.38. The molecule has 0 aliphatic rings. The number of pyridine rings is 1. The zero-order valence-electron chi connectivity index (χ0n) is 13.0. The smallest absolute Gasteiger partial charge is 0.246 e. The molecule has 0 bridgehead atoms. The van der Waals surface area contributed by atoms with Crippen molar-refractivity contribution in [3.05, 3.63) is 54.4 Å². The van der Waals surface area contributed by atoms with Gasteiger partial charge in [-0.25, -0.2) is 4.98 Å². The Labute approximate surface area is 137 Å². The van der Waals surface area contributed by atoms with E-state index >= 15 is 0 Å². The van der Waals surface area contributed by atoms with Crippen molar-refractivity contribution in [3.8, 4) is 11.4 Å². The first-order valence-electron chi connectivity index (χ1n) is 7.64. The molecule has 0 saturated carbocycles. The topological polar surface area (TPSA) is 94.0 Å². The molecule has 4 heterocycles. The fourth-order valence-electron chi connectivity index (χ4n) is 2.38. The van der Waals surface area contributed by atoms with Crippen molar-refractivity contribution in [1.82, 2.24) is 29.7 Å². The summed E-state index contributed by atoms with van der Waals surface area (Å²) in [5, 5.41) is 11.5. The Kier molecular flexibility index (Phi) is 3.62. The van der Waals surface area contributed by atoms with Crippen LogP contribution in [0, 0.1) is 0 Å². The van der Waals surface area contributed by atoms with Gasteiger partial charge >= 0.3 is 0 Å². The molecule has 0 radical (unpaired) electrons. The van der Waals surface area contributed by atoms with Crippen LogP contribution in [0.4, 0.5) is 5.82 Å². The Hall–Kier alpha value is -3.29. The van der Waals surface area contributed by atoms with E-state index in [-0.39, 0.29) is 0 Å². The van der Waals surface area contributed by atoms with Crippen molar-refractivity contribution in [2.45, 2.75) is 19.9 Å². The van der Waals surface area contributed by atoms with Gasteiger partial charge in [0.15, 0.2) is 5.65 Å². The van der Waals surface area contributed by atoms with Crippen molar-refractivity contribution in [3.63, 3.8) is 0 Å². The molecule has 0 fully saturated rings. The van der Waals surface area contributed by atoms with E-state index in [9.17, 15) is 0 Å². The van der Waals surface area contributed by atoms with Crippen LogP contribution in [0.3, 0.4) is 0 Å². The van der Waals surface area contributed by atoms with E-state index in [1.807, 2.05) is 24.3 Å². The number of aromatic nitrogens is 6. The highest BCUT2D eigenvalue weighted by molar-refractivity contribution is 5.52. The molecule has 0 saturated heterocycles. The Bertz CT molecular complexity index is 961. The summed E-state index contributed by atoms with van der Waals surface area (Å²) in [6.07, 6.45) is 5.98. The molecular weight excluding hydrogens is 306 g/mol. The summed E-state index contributed by atoms with van der Waals surface area (Å²) in [6.45, 7) is 2.46. The van der Waals surface area contributed by atoms with Crippen molar-refractivity contribution >= 4 is 11.5 Å². The van der Waals surface area contributed by atoms with Gasteiger partial charge in [0, 0.05) is 35.8 Å². The van der Waals surface area contributed by atoms with Crippen molar-refractivity contribution < 1.29 is 4.52 Å². The fraction of sp³-hybridized carbons (Fsp3) is 0.188. The molecule has 0 aliphatic carbocycles. The summed E-state index contributed by atoms with van der Waals surface area (Å²) in [5.41, 5.74) is 2.62. The third kappa shape index (κ3) is 2.69. The zero-order valence-corrected chi connectivity index (χ0v) is 13.0. The minimum atomic E-state index is 0.398. The van der Waals surface area contributed by atoms with E-state index in [1.165, 1.54) is 0 Å². The van der Waals surface area contributed by atoms with Gasteiger partial charge in [0.25, 0.3) is 0 Å². The first-order valence-corrected chi connectivity index (χ1v) is 7.64. The number of nitrogens with zero attached hydrogens (tertiary/aromatic N) is 6. The normalized spacial score (nSPS) is 11.0. The third-order valence-corrected chi connectivity index (χ3v) is 3.58. The first kappa shape index (κ1) is 14.3. The third-order valence-electron chi connectivity index (χ3n) is 3.58. The maximum atomic E-state index is 5.29. The molecule has 0 aromatic carbocycles. The summed E-state index contributed by atoms with van der Waals surface area (Å²) in [6, 6.07) is 7.57. The Balaban J connectivity index is 1.55. The molecule has 4 rings (SSSR count). The largest absolute Gasteiger partial charge is 0.361 e. The highest BCUT2D eigenvalue weighted by Crippen LogP contribution is 2.16. The van der Waals surface area contributed by atoms with Crippen LogP contribution in [0.5, 0.6) is 0 Å². The van der Waals surface area contributed by atoms with Gasteiger partial charge in [0.1, 0.15) is 5.82 Å².